The molecule has 0 aromatic carbocycles. The first kappa shape index (κ1) is 27.2. The Morgan fingerprint density at radius 1 is 0.667 bits per heavy atom. The van der Waals surface area contributed by atoms with E-state index in [1.165, 1.54) is 0 Å². The van der Waals surface area contributed by atoms with Crippen LogP contribution in [0.1, 0.15) is 0 Å². The Kier molecular flexibility index (Phi) is 12.4. The van der Waals surface area contributed by atoms with E-state index < -0.39 is 31.3 Å². The zero-order valence-electron chi connectivity index (χ0n) is 7.59. The summed E-state index contributed by atoms with van der Waals surface area (Å²) < 4.78 is 118. The predicted molar refractivity (Wildman–Crippen MR) is 31.5 cm³/mol. The maximum absolute atomic E-state index is 10.7. The third-order valence-electron chi connectivity index (χ3n) is 0.567. The fraction of sp³-hybridized carbons (Fsp3) is 1.00. The molecule has 0 aromatic rings. The topological polar surface area (TPSA) is 114 Å². The molecular formula is C2F6FeHgO6S2+. The Balaban J connectivity index is -0.0000000980. The average molecular weight is 555 g/mol. The van der Waals surface area contributed by atoms with Gasteiger partial charge in [-0.3, -0.25) is 0 Å². The van der Waals surface area contributed by atoms with Crippen LogP contribution in [0.3, 0.4) is 0 Å². The van der Waals surface area contributed by atoms with E-state index in [0.29, 0.717) is 0 Å². The minimum Gasteiger partial charge on any atom is -0.741 e. The van der Waals surface area contributed by atoms with Crippen LogP contribution < -0.4 is 0 Å². The minimum absolute atomic E-state index is 0. The first-order chi connectivity index (χ1) is 6.50. The summed E-state index contributed by atoms with van der Waals surface area (Å²) in [5, 5.41) is 0. The first-order valence-electron chi connectivity index (χ1n) is 2.54. The van der Waals surface area contributed by atoms with Crippen molar-refractivity contribution in [3.8, 4) is 0 Å². The van der Waals surface area contributed by atoms with Crippen LogP contribution in [0.25, 0.3) is 0 Å². The van der Waals surface area contributed by atoms with Crippen LogP contribution in [0.15, 0.2) is 0 Å². The molecule has 0 fully saturated rings. The van der Waals surface area contributed by atoms with Crippen LogP contribution >= 0.6 is 0 Å². The molecule has 0 rings (SSSR count). The van der Waals surface area contributed by atoms with E-state index in [4.69, 9.17) is 25.9 Å². The molecule has 0 atom stereocenters. The molecule has 0 N–H and O–H groups in total. The molecule has 16 heteroatoms. The molecule has 0 aliphatic carbocycles. The second-order valence-electron chi connectivity index (χ2n) is 1.80. The van der Waals surface area contributed by atoms with Crippen LogP contribution in [-0.2, 0) is 65.0 Å². The van der Waals surface area contributed by atoms with Crippen molar-refractivity contribution in [1.29, 1.82) is 0 Å². The van der Waals surface area contributed by atoms with Gasteiger partial charge in [-0.15, -0.1) is 0 Å². The normalized spacial score (nSPS) is 12.4. The summed E-state index contributed by atoms with van der Waals surface area (Å²) >= 11 is 0. The molecule has 0 spiro atoms. The largest absolute Gasteiger partial charge is 2.00 e. The molecule has 0 saturated carbocycles. The van der Waals surface area contributed by atoms with Gasteiger partial charge in [0.25, 0.3) is 0 Å². The summed E-state index contributed by atoms with van der Waals surface area (Å²) in [5.41, 5.74) is -11.3. The van der Waals surface area contributed by atoms with E-state index in [0.717, 1.165) is 0 Å². The van der Waals surface area contributed by atoms with Crippen LogP contribution in [0, 0.1) is 0 Å². The van der Waals surface area contributed by atoms with Crippen LogP contribution in [0.4, 0.5) is 26.3 Å². The molecular weight excluding hydrogens is 555 g/mol. The summed E-state index contributed by atoms with van der Waals surface area (Å²) in [6, 6.07) is 0. The van der Waals surface area contributed by atoms with Crippen molar-refractivity contribution < 1.29 is 97.0 Å². The molecule has 0 unspecified atom stereocenters. The zero-order valence-corrected chi connectivity index (χ0v) is 15.8. The van der Waals surface area contributed by atoms with Crippen molar-refractivity contribution in [2.45, 2.75) is 11.0 Å². The Bertz CT molecular complexity index is 380. The van der Waals surface area contributed by atoms with Crippen molar-refractivity contribution >= 4 is 20.2 Å². The van der Waals surface area contributed by atoms with Gasteiger partial charge in [-0.1, -0.05) is 0 Å². The average Bonchev–Trinajstić information content (AvgIpc) is 1.77. The van der Waals surface area contributed by atoms with Gasteiger partial charge in [0.2, 0.25) is 0 Å². The van der Waals surface area contributed by atoms with E-state index in [1.54, 1.807) is 0 Å². The third kappa shape index (κ3) is 11.9. The van der Waals surface area contributed by atoms with Crippen molar-refractivity contribution in [1.82, 2.24) is 0 Å². The van der Waals surface area contributed by atoms with Gasteiger partial charge in [0.1, 0.15) is 0 Å². The molecule has 107 valence electrons. The van der Waals surface area contributed by atoms with Gasteiger partial charge < -0.3 is 9.11 Å². The van der Waals surface area contributed by atoms with Gasteiger partial charge in [-0.2, -0.15) is 26.3 Å². The quantitative estimate of drug-likeness (QED) is 0.182. The van der Waals surface area contributed by atoms with Gasteiger partial charge in [-0.05, 0) is 0 Å². The number of hydrogen-bond acceptors (Lipinski definition) is 6. The van der Waals surface area contributed by atoms with Crippen molar-refractivity contribution in [2.24, 2.45) is 0 Å². The van der Waals surface area contributed by atoms with E-state index >= 15 is 0 Å². The molecule has 0 aromatic heterocycles. The third-order valence-corrected chi connectivity index (χ3v) is 1.70. The van der Waals surface area contributed by atoms with Gasteiger partial charge in [0.15, 0.2) is 20.2 Å². The van der Waals surface area contributed by atoms with Gasteiger partial charge in [0.05, 0.1) is 0 Å². The maximum Gasteiger partial charge on any atom is 2.00 e. The smallest absolute Gasteiger partial charge is 0.741 e. The summed E-state index contributed by atoms with van der Waals surface area (Å²) in [4.78, 5) is 0. The monoisotopic (exact) mass is 556 g/mol. The SMILES string of the molecule is O=S(=O)([O-])C(F)(F)F.O=S(=O)([O-])C(F)(F)F.[Fe+2].[Hg+]. The standard InChI is InChI=1S/2CHF3O3S.Fe.Hg/c2*2-1(3,4)8(5,6)7;;/h2*(H,5,6,7);;/q;;+2;+1/p-2. The summed E-state index contributed by atoms with van der Waals surface area (Å²) in [6.07, 6.45) is 0. The fourth-order valence-electron chi connectivity index (χ4n) is 0. The van der Waals surface area contributed by atoms with E-state index in [2.05, 4.69) is 0 Å². The van der Waals surface area contributed by atoms with Crippen molar-refractivity contribution in [3.63, 3.8) is 0 Å². The fourth-order valence-corrected chi connectivity index (χ4v) is 0. The van der Waals surface area contributed by atoms with Gasteiger partial charge in [-0.25, -0.2) is 16.8 Å². The second-order valence-corrected chi connectivity index (χ2v) is 4.54. The van der Waals surface area contributed by atoms with Crippen LogP contribution in [0.2, 0.25) is 0 Å². The van der Waals surface area contributed by atoms with Gasteiger partial charge >= 0.3 is 55.8 Å². The Morgan fingerprint density at radius 3 is 0.722 bits per heavy atom. The Morgan fingerprint density at radius 2 is 0.722 bits per heavy atom. The molecule has 0 saturated heterocycles. The molecule has 1 radical (unpaired) electrons. The van der Waals surface area contributed by atoms with Crippen molar-refractivity contribution in [3.05, 3.63) is 0 Å². The van der Waals surface area contributed by atoms with E-state index in [9.17, 15) is 26.3 Å². The second kappa shape index (κ2) is 8.21. The predicted octanol–water partition coefficient (Wildman–Crippen LogP) is 0.0978. The van der Waals surface area contributed by atoms with Gasteiger partial charge in [0, 0.05) is 0 Å². The molecule has 0 bridgehead atoms. The summed E-state index contributed by atoms with van der Waals surface area (Å²) in [5.74, 6) is 0. The van der Waals surface area contributed by atoms with Crippen molar-refractivity contribution in [2.75, 3.05) is 0 Å². The van der Waals surface area contributed by atoms with E-state index in [1.807, 2.05) is 0 Å². The van der Waals surface area contributed by atoms with E-state index in [-0.39, 0.29) is 44.7 Å². The number of halogens is 6. The molecule has 18 heavy (non-hydrogen) atoms. The number of alkyl halides is 6. The molecule has 6 nitrogen and oxygen atoms in total. The Labute approximate surface area is 128 Å². The van der Waals surface area contributed by atoms with Crippen LogP contribution in [0.5, 0.6) is 0 Å². The first-order valence-corrected chi connectivity index (χ1v) is 5.36. The molecule has 0 aliphatic rings. The summed E-state index contributed by atoms with van der Waals surface area (Å²) in [7, 11) is -12.2. The summed E-state index contributed by atoms with van der Waals surface area (Å²) in [6.45, 7) is 0. The molecule has 0 aliphatic heterocycles. The zero-order chi connectivity index (χ0) is 14.0. The minimum atomic E-state index is -6.09. The van der Waals surface area contributed by atoms with Crippen LogP contribution in [-0.4, -0.2) is 37.0 Å². The number of hydrogen-bond donors (Lipinski definition) is 0. The molecule has 0 heterocycles. The molecule has 0 amide bonds. The Hall–Kier alpha value is 0.855. The number of rotatable bonds is 0. The maximum atomic E-state index is 10.7.